The van der Waals surface area contributed by atoms with Gasteiger partial charge in [-0.1, -0.05) is 64.5 Å². The van der Waals surface area contributed by atoms with Gasteiger partial charge in [0, 0.05) is 6.42 Å². The first kappa shape index (κ1) is 21.1. The smallest absolute Gasteiger partial charge is 0.220 e. The molecule has 0 aromatic heterocycles. The van der Waals surface area contributed by atoms with Gasteiger partial charge in [0.2, 0.25) is 5.91 Å². The zero-order chi connectivity index (χ0) is 16.6. The van der Waals surface area contributed by atoms with Gasteiger partial charge in [0.1, 0.15) is 0 Å². The number of allylic oxidation sites excluding steroid dienone is 1. The molecule has 0 saturated carbocycles. The van der Waals surface area contributed by atoms with E-state index >= 15 is 0 Å². The second-order valence-corrected chi connectivity index (χ2v) is 5.94. The van der Waals surface area contributed by atoms with Gasteiger partial charge in [-0.2, -0.15) is 0 Å². The highest BCUT2D eigenvalue weighted by molar-refractivity contribution is 5.76. The zero-order valence-corrected chi connectivity index (χ0v) is 14.4. The lowest BCUT2D eigenvalue weighted by Gasteiger charge is -2.19. The van der Waals surface area contributed by atoms with E-state index in [-0.39, 0.29) is 12.5 Å². The van der Waals surface area contributed by atoms with Gasteiger partial charge in [0.25, 0.3) is 0 Å². The maximum absolute atomic E-state index is 11.5. The van der Waals surface area contributed by atoms with E-state index in [1.807, 2.05) is 13.0 Å². The number of carbonyl (C=O) groups is 1. The number of rotatable bonds is 14. The fourth-order valence-corrected chi connectivity index (χ4v) is 2.33. The average Bonchev–Trinajstić information content (AvgIpc) is 2.51. The Kier molecular flexibility index (Phi) is 14.4. The second kappa shape index (κ2) is 15.0. The van der Waals surface area contributed by atoms with Crippen LogP contribution in [-0.4, -0.2) is 34.9 Å². The number of nitrogens with one attached hydrogen (secondary N) is 1. The Labute approximate surface area is 136 Å². The molecule has 0 spiro atoms. The Morgan fingerprint density at radius 2 is 1.68 bits per heavy atom. The number of amides is 1. The summed E-state index contributed by atoms with van der Waals surface area (Å²) in [6.07, 6.45) is 13.8. The van der Waals surface area contributed by atoms with Gasteiger partial charge in [0.05, 0.1) is 18.8 Å². The SMILES string of the molecule is CCCCCCCCC/C=C/C(O)C(CO)NC(=O)CCC. The van der Waals surface area contributed by atoms with Crippen LogP contribution in [0.1, 0.15) is 78.1 Å². The molecule has 0 aromatic carbocycles. The molecule has 0 bridgehead atoms. The van der Waals surface area contributed by atoms with Crippen molar-refractivity contribution in [2.24, 2.45) is 0 Å². The van der Waals surface area contributed by atoms with Crippen molar-refractivity contribution in [3.05, 3.63) is 12.2 Å². The van der Waals surface area contributed by atoms with E-state index in [4.69, 9.17) is 0 Å². The molecule has 0 radical (unpaired) electrons. The summed E-state index contributed by atoms with van der Waals surface area (Å²) in [6, 6.07) is -0.607. The van der Waals surface area contributed by atoms with Gasteiger partial charge in [-0.25, -0.2) is 0 Å². The summed E-state index contributed by atoms with van der Waals surface area (Å²) in [4.78, 5) is 11.5. The average molecular weight is 313 g/mol. The molecule has 2 atom stereocenters. The van der Waals surface area contributed by atoms with Gasteiger partial charge < -0.3 is 15.5 Å². The van der Waals surface area contributed by atoms with Crippen LogP contribution in [0.5, 0.6) is 0 Å². The third-order valence-corrected chi connectivity index (χ3v) is 3.74. The number of unbranched alkanes of at least 4 members (excludes halogenated alkanes) is 7. The Morgan fingerprint density at radius 1 is 1.05 bits per heavy atom. The molecular weight excluding hydrogens is 278 g/mol. The highest BCUT2D eigenvalue weighted by Crippen LogP contribution is 2.09. The van der Waals surface area contributed by atoms with Crippen LogP contribution in [0.4, 0.5) is 0 Å². The van der Waals surface area contributed by atoms with Crippen LogP contribution in [0.2, 0.25) is 0 Å². The molecule has 1 amide bonds. The van der Waals surface area contributed by atoms with E-state index in [2.05, 4.69) is 12.2 Å². The normalized spacial score (nSPS) is 14.2. The quantitative estimate of drug-likeness (QED) is 0.340. The minimum Gasteiger partial charge on any atom is -0.394 e. The molecule has 130 valence electrons. The Morgan fingerprint density at radius 3 is 2.27 bits per heavy atom. The van der Waals surface area contributed by atoms with Crippen molar-refractivity contribution in [3.8, 4) is 0 Å². The minimum absolute atomic E-state index is 0.124. The third kappa shape index (κ3) is 11.8. The lowest BCUT2D eigenvalue weighted by molar-refractivity contribution is -0.122. The minimum atomic E-state index is -0.824. The van der Waals surface area contributed by atoms with E-state index in [0.717, 1.165) is 19.3 Å². The standard InChI is InChI=1S/C18H35NO3/c1-3-5-6-7-8-9-10-11-12-14-17(21)16(15-20)19-18(22)13-4-2/h12,14,16-17,20-21H,3-11,13,15H2,1-2H3,(H,19,22)/b14-12+. The zero-order valence-electron chi connectivity index (χ0n) is 14.4. The van der Waals surface area contributed by atoms with E-state index in [0.29, 0.717) is 6.42 Å². The van der Waals surface area contributed by atoms with Gasteiger partial charge >= 0.3 is 0 Å². The van der Waals surface area contributed by atoms with Crippen LogP contribution in [-0.2, 0) is 4.79 Å². The molecule has 0 fully saturated rings. The summed E-state index contributed by atoms with van der Waals surface area (Å²) in [5, 5.41) is 21.9. The van der Waals surface area contributed by atoms with Gasteiger partial charge in [0.15, 0.2) is 0 Å². The van der Waals surface area contributed by atoms with Crippen molar-refractivity contribution >= 4 is 5.91 Å². The third-order valence-electron chi connectivity index (χ3n) is 3.74. The first-order valence-corrected chi connectivity index (χ1v) is 8.90. The summed E-state index contributed by atoms with van der Waals surface area (Å²) in [5.41, 5.74) is 0. The molecule has 22 heavy (non-hydrogen) atoms. The fraction of sp³-hybridized carbons (Fsp3) is 0.833. The molecule has 2 unspecified atom stereocenters. The Bertz CT molecular complexity index is 292. The molecule has 0 aliphatic rings. The summed E-state index contributed by atoms with van der Waals surface area (Å²) < 4.78 is 0. The first-order valence-electron chi connectivity index (χ1n) is 8.90. The fourth-order valence-electron chi connectivity index (χ4n) is 2.33. The van der Waals surface area contributed by atoms with Gasteiger partial charge in [-0.15, -0.1) is 0 Å². The highest BCUT2D eigenvalue weighted by atomic mass is 16.3. The molecule has 0 aromatic rings. The molecule has 4 heteroatoms. The Hall–Kier alpha value is -0.870. The predicted octanol–water partition coefficient (Wildman–Crippen LogP) is 3.32. The summed E-state index contributed by atoms with van der Waals surface area (Å²) in [6.45, 7) is 3.89. The largest absolute Gasteiger partial charge is 0.394 e. The van der Waals surface area contributed by atoms with Crippen LogP contribution >= 0.6 is 0 Å². The summed E-state index contributed by atoms with van der Waals surface area (Å²) >= 11 is 0. The van der Waals surface area contributed by atoms with E-state index in [1.54, 1.807) is 6.08 Å². The monoisotopic (exact) mass is 313 g/mol. The van der Waals surface area contributed by atoms with E-state index < -0.39 is 12.1 Å². The molecular formula is C18H35NO3. The van der Waals surface area contributed by atoms with Crippen LogP contribution in [0.15, 0.2) is 12.2 Å². The van der Waals surface area contributed by atoms with Gasteiger partial charge in [-0.3, -0.25) is 4.79 Å². The number of hydrogen-bond acceptors (Lipinski definition) is 3. The van der Waals surface area contributed by atoms with E-state index in [9.17, 15) is 15.0 Å². The first-order chi connectivity index (χ1) is 10.7. The van der Waals surface area contributed by atoms with Crippen molar-refractivity contribution in [1.82, 2.24) is 5.32 Å². The maximum atomic E-state index is 11.5. The van der Waals surface area contributed by atoms with Crippen molar-refractivity contribution in [2.45, 2.75) is 90.2 Å². The predicted molar refractivity (Wildman–Crippen MR) is 91.7 cm³/mol. The number of aliphatic hydroxyl groups excluding tert-OH is 2. The number of carbonyl (C=O) groups excluding carboxylic acids is 1. The topological polar surface area (TPSA) is 69.6 Å². The van der Waals surface area contributed by atoms with Gasteiger partial charge in [-0.05, 0) is 19.3 Å². The van der Waals surface area contributed by atoms with Crippen molar-refractivity contribution in [3.63, 3.8) is 0 Å². The molecule has 0 heterocycles. The van der Waals surface area contributed by atoms with Crippen LogP contribution in [0.3, 0.4) is 0 Å². The summed E-state index contributed by atoms with van der Waals surface area (Å²) in [5.74, 6) is -0.124. The molecule has 4 nitrogen and oxygen atoms in total. The highest BCUT2D eigenvalue weighted by Gasteiger charge is 2.17. The van der Waals surface area contributed by atoms with Crippen LogP contribution in [0.25, 0.3) is 0 Å². The summed E-state index contributed by atoms with van der Waals surface area (Å²) in [7, 11) is 0. The van der Waals surface area contributed by atoms with Crippen molar-refractivity contribution in [1.29, 1.82) is 0 Å². The number of hydrogen-bond donors (Lipinski definition) is 3. The molecule has 0 aliphatic carbocycles. The van der Waals surface area contributed by atoms with E-state index in [1.165, 1.54) is 38.5 Å². The van der Waals surface area contributed by atoms with Crippen LogP contribution in [0, 0.1) is 0 Å². The Balaban J connectivity index is 3.78. The lowest BCUT2D eigenvalue weighted by Crippen LogP contribution is -2.45. The molecule has 3 N–H and O–H groups in total. The molecule has 0 rings (SSSR count). The lowest BCUT2D eigenvalue weighted by atomic mass is 10.1. The number of aliphatic hydroxyl groups is 2. The second-order valence-electron chi connectivity index (χ2n) is 5.94. The molecule has 0 saturated heterocycles. The van der Waals surface area contributed by atoms with Crippen molar-refractivity contribution < 1.29 is 15.0 Å². The van der Waals surface area contributed by atoms with Crippen LogP contribution < -0.4 is 5.32 Å². The maximum Gasteiger partial charge on any atom is 0.220 e. The molecule has 0 aliphatic heterocycles. The van der Waals surface area contributed by atoms with Crippen molar-refractivity contribution in [2.75, 3.05) is 6.61 Å².